The summed E-state index contributed by atoms with van der Waals surface area (Å²) in [6, 6.07) is 0.543. The summed E-state index contributed by atoms with van der Waals surface area (Å²) in [5.74, 6) is 0.762. The van der Waals surface area contributed by atoms with Gasteiger partial charge < -0.3 is 14.8 Å². The number of hydrogen-bond acceptors (Lipinski definition) is 3. The van der Waals surface area contributed by atoms with Gasteiger partial charge in [0.25, 0.3) is 0 Å². The highest BCUT2D eigenvalue weighted by Crippen LogP contribution is 2.39. The first-order valence-corrected chi connectivity index (χ1v) is 6.09. The van der Waals surface area contributed by atoms with Crippen LogP contribution >= 0.6 is 0 Å². The Bertz CT molecular complexity index is 196. The molecule has 1 unspecified atom stereocenters. The Kier molecular flexibility index (Phi) is 3.65. The van der Waals surface area contributed by atoms with Crippen LogP contribution in [0.5, 0.6) is 0 Å². The number of hydrogen-bond donors (Lipinski definition) is 1. The van der Waals surface area contributed by atoms with Gasteiger partial charge in [0, 0.05) is 18.0 Å². The summed E-state index contributed by atoms with van der Waals surface area (Å²) in [6.45, 7) is 9.23. The fourth-order valence-corrected chi connectivity index (χ4v) is 2.85. The molecule has 0 amide bonds. The third-order valence-electron chi connectivity index (χ3n) is 3.34. The predicted molar refractivity (Wildman–Crippen MR) is 59.9 cm³/mol. The zero-order valence-electron chi connectivity index (χ0n) is 9.92. The van der Waals surface area contributed by atoms with Crippen molar-refractivity contribution in [2.75, 3.05) is 33.0 Å². The molecular formula is C12H23NO2. The summed E-state index contributed by atoms with van der Waals surface area (Å²) in [6.07, 6.45) is 2.50. The van der Waals surface area contributed by atoms with Crippen LogP contribution in [0.15, 0.2) is 0 Å². The molecule has 0 radical (unpaired) electrons. The molecule has 3 nitrogen and oxygen atoms in total. The topological polar surface area (TPSA) is 30.5 Å². The quantitative estimate of drug-likeness (QED) is 0.766. The Morgan fingerprint density at radius 2 is 2.13 bits per heavy atom. The number of ether oxygens (including phenoxy) is 2. The summed E-state index contributed by atoms with van der Waals surface area (Å²) in [5.41, 5.74) is 0.437. The largest absolute Gasteiger partial charge is 0.380 e. The van der Waals surface area contributed by atoms with E-state index < -0.39 is 0 Å². The molecule has 2 aliphatic rings. The fraction of sp³-hybridized carbons (Fsp3) is 1.00. The normalized spacial score (nSPS) is 30.2. The highest BCUT2D eigenvalue weighted by molar-refractivity contribution is 4.91. The van der Waals surface area contributed by atoms with Crippen molar-refractivity contribution in [1.29, 1.82) is 0 Å². The van der Waals surface area contributed by atoms with E-state index in [2.05, 4.69) is 19.2 Å². The van der Waals surface area contributed by atoms with Crippen molar-refractivity contribution in [3.8, 4) is 0 Å². The molecule has 0 aliphatic carbocycles. The van der Waals surface area contributed by atoms with Crippen molar-refractivity contribution in [3.63, 3.8) is 0 Å². The summed E-state index contributed by atoms with van der Waals surface area (Å²) in [4.78, 5) is 0. The first-order chi connectivity index (χ1) is 7.20. The maximum atomic E-state index is 5.50. The second kappa shape index (κ2) is 4.81. The van der Waals surface area contributed by atoms with Gasteiger partial charge in [0.15, 0.2) is 0 Å². The second-order valence-corrected chi connectivity index (χ2v) is 5.52. The van der Waals surface area contributed by atoms with Gasteiger partial charge in [-0.15, -0.1) is 0 Å². The van der Waals surface area contributed by atoms with Crippen LogP contribution < -0.4 is 5.32 Å². The van der Waals surface area contributed by atoms with Crippen LogP contribution in [0.4, 0.5) is 0 Å². The molecule has 1 N–H and O–H groups in total. The van der Waals surface area contributed by atoms with E-state index in [4.69, 9.17) is 9.47 Å². The Labute approximate surface area is 92.5 Å². The maximum Gasteiger partial charge on any atom is 0.0620 e. The fourth-order valence-electron chi connectivity index (χ4n) is 2.85. The zero-order valence-corrected chi connectivity index (χ0v) is 9.92. The van der Waals surface area contributed by atoms with E-state index in [1.807, 2.05) is 0 Å². The minimum atomic E-state index is 0.437. The van der Waals surface area contributed by atoms with Gasteiger partial charge >= 0.3 is 0 Å². The summed E-state index contributed by atoms with van der Waals surface area (Å²) < 4.78 is 10.9. The Morgan fingerprint density at radius 1 is 1.33 bits per heavy atom. The molecule has 88 valence electrons. The molecule has 0 aromatic rings. The van der Waals surface area contributed by atoms with E-state index in [1.54, 1.807) is 0 Å². The zero-order chi connectivity index (χ0) is 10.7. The molecule has 2 aliphatic heterocycles. The van der Waals surface area contributed by atoms with E-state index in [1.165, 1.54) is 12.8 Å². The van der Waals surface area contributed by atoms with Crippen LogP contribution in [0.25, 0.3) is 0 Å². The van der Waals surface area contributed by atoms with Crippen molar-refractivity contribution in [2.45, 2.75) is 32.7 Å². The lowest BCUT2D eigenvalue weighted by molar-refractivity contribution is -0.135. The molecule has 0 aromatic heterocycles. The van der Waals surface area contributed by atoms with Gasteiger partial charge in [-0.2, -0.15) is 0 Å². The van der Waals surface area contributed by atoms with Gasteiger partial charge in [-0.1, -0.05) is 13.8 Å². The molecule has 0 aromatic carbocycles. The maximum absolute atomic E-state index is 5.50. The molecule has 3 heteroatoms. The minimum Gasteiger partial charge on any atom is -0.380 e. The lowest BCUT2D eigenvalue weighted by Gasteiger charge is -2.45. The van der Waals surface area contributed by atoms with E-state index in [-0.39, 0.29) is 0 Å². The van der Waals surface area contributed by atoms with Crippen molar-refractivity contribution in [2.24, 2.45) is 11.3 Å². The molecule has 2 saturated heterocycles. The molecule has 15 heavy (non-hydrogen) atoms. The predicted octanol–water partition coefficient (Wildman–Crippen LogP) is 1.43. The van der Waals surface area contributed by atoms with Crippen molar-refractivity contribution < 1.29 is 9.47 Å². The van der Waals surface area contributed by atoms with Gasteiger partial charge in [-0.25, -0.2) is 0 Å². The van der Waals surface area contributed by atoms with Crippen LogP contribution in [-0.4, -0.2) is 39.0 Å². The van der Waals surface area contributed by atoms with Gasteiger partial charge in [0.05, 0.1) is 26.4 Å². The van der Waals surface area contributed by atoms with E-state index >= 15 is 0 Å². The van der Waals surface area contributed by atoms with Crippen LogP contribution in [0.3, 0.4) is 0 Å². The Morgan fingerprint density at radius 3 is 2.60 bits per heavy atom. The first kappa shape index (κ1) is 11.4. The molecule has 0 saturated carbocycles. The van der Waals surface area contributed by atoms with Crippen molar-refractivity contribution >= 4 is 0 Å². The summed E-state index contributed by atoms with van der Waals surface area (Å²) >= 11 is 0. The molecule has 2 heterocycles. The monoisotopic (exact) mass is 213 g/mol. The van der Waals surface area contributed by atoms with Crippen LogP contribution in [-0.2, 0) is 9.47 Å². The highest BCUT2D eigenvalue weighted by atomic mass is 16.5. The molecule has 2 rings (SSSR count). The Balaban J connectivity index is 1.83. The third-order valence-corrected chi connectivity index (χ3v) is 3.34. The van der Waals surface area contributed by atoms with E-state index in [0.29, 0.717) is 11.5 Å². The number of nitrogens with one attached hydrogen (secondary N) is 1. The number of morpholine rings is 1. The lowest BCUT2D eigenvalue weighted by atomic mass is 9.73. The van der Waals surface area contributed by atoms with Crippen LogP contribution in [0.2, 0.25) is 0 Å². The first-order valence-electron chi connectivity index (χ1n) is 6.09. The molecule has 1 atom stereocenters. The van der Waals surface area contributed by atoms with Crippen molar-refractivity contribution in [3.05, 3.63) is 0 Å². The smallest absolute Gasteiger partial charge is 0.0620 e. The van der Waals surface area contributed by atoms with Gasteiger partial charge in [0.1, 0.15) is 0 Å². The third kappa shape index (κ3) is 2.92. The Hall–Kier alpha value is -0.120. The van der Waals surface area contributed by atoms with Gasteiger partial charge in [0.2, 0.25) is 0 Å². The molecular weight excluding hydrogens is 190 g/mol. The average Bonchev–Trinajstić information content (AvgIpc) is 2.15. The summed E-state index contributed by atoms with van der Waals surface area (Å²) in [7, 11) is 0. The lowest BCUT2D eigenvalue weighted by Crippen LogP contribution is -2.51. The molecule has 0 spiro atoms. The van der Waals surface area contributed by atoms with Gasteiger partial charge in [-0.3, -0.25) is 0 Å². The standard InChI is InChI=1S/C12H23NO2/c1-10(2)5-12(8-15-9-12)6-11-7-14-4-3-13-11/h10-11,13H,3-9H2,1-2H3. The van der Waals surface area contributed by atoms with E-state index in [0.717, 1.165) is 38.9 Å². The van der Waals surface area contributed by atoms with Crippen molar-refractivity contribution in [1.82, 2.24) is 5.32 Å². The highest BCUT2D eigenvalue weighted by Gasteiger charge is 2.40. The summed E-state index contributed by atoms with van der Waals surface area (Å²) in [5, 5.41) is 3.54. The molecule has 2 fully saturated rings. The second-order valence-electron chi connectivity index (χ2n) is 5.52. The van der Waals surface area contributed by atoms with Crippen LogP contribution in [0.1, 0.15) is 26.7 Å². The van der Waals surface area contributed by atoms with Crippen LogP contribution in [0, 0.1) is 11.3 Å². The van der Waals surface area contributed by atoms with E-state index in [9.17, 15) is 0 Å². The van der Waals surface area contributed by atoms with Gasteiger partial charge in [-0.05, 0) is 18.8 Å². The minimum absolute atomic E-state index is 0.437. The average molecular weight is 213 g/mol. The SMILES string of the molecule is CC(C)CC1(CC2COCCN2)COC1. The number of rotatable bonds is 4. The molecule has 0 bridgehead atoms.